The first-order chi connectivity index (χ1) is 3.62. The second kappa shape index (κ2) is 20.0. The summed E-state index contributed by atoms with van der Waals surface area (Å²) in [6.07, 6.45) is 4.15. The molecule has 13 heavy (non-hydrogen) atoms. The van der Waals surface area contributed by atoms with Gasteiger partial charge in [0.15, 0.2) is 0 Å². The van der Waals surface area contributed by atoms with Crippen LogP contribution < -0.4 is 0 Å². The van der Waals surface area contributed by atoms with Crippen LogP contribution in [0.25, 0.3) is 0 Å². The van der Waals surface area contributed by atoms with E-state index < -0.39 is 0 Å². The Morgan fingerprint density at radius 1 is 1.00 bits per heavy atom. The molecule has 0 unspecified atom stereocenters. The van der Waals surface area contributed by atoms with Crippen molar-refractivity contribution in [2.24, 2.45) is 5.41 Å². The van der Waals surface area contributed by atoms with E-state index in [0.717, 1.165) is 5.41 Å². The Kier molecular flexibility index (Phi) is 55.5. The Morgan fingerprint density at radius 2 is 1.08 bits per heavy atom. The van der Waals surface area contributed by atoms with Gasteiger partial charge in [0, 0.05) is 53.8 Å². The van der Waals surface area contributed by atoms with Crippen molar-refractivity contribution in [1.29, 1.82) is 0 Å². The van der Waals surface area contributed by atoms with Crippen molar-refractivity contribution in [3.05, 3.63) is 14.9 Å². The van der Waals surface area contributed by atoms with Gasteiger partial charge in [0.25, 0.3) is 0 Å². The fourth-order valence-corrected chi connectivity index (χ4v) is 0.250. The molecule has 1 aliphatic carbocycles. The maximum atomic E-state index is 2.30. The Hall–Kier alpha value is 2.48. The molecule has 0 aliphatic heterocycles. The molecule has 0 amide bonds. The Morgan fingerprint density at radius 3 is 1.08 bits per heavy atom. The van der Waals surface area contributed by atoms with E-state index in [4.69, 9.17) is 0 Å². The van der Waals surface area contributed by atoms with Gasteiger partial charge in [0.1, 0.15) is 0 Å². The van der Waals surface area contributed by atoms with E-state index in [0.29, 0.717) is 0 Å². The normalized spacial score (nSPS) is 12.9. The predicted molar refractivity (Wildman–Crippen MR) is 51.8 cm³/mol. The number of hydrogen-bond acceptors (Lipinski definition) is 0. The van der Waals surface area contributed by atoms with Gasteiger partial charge in [-0.3, -0.25) is 0 Å². The summed E-state index contributed by atoms with van der Waals surface area (Å²) in [6.45, 7) is 8.85. The molecule has 0 atom stereocenters. The standard InChI is InChI=1S/C5H10.C3H8.2CH3.2W.Y/c1-5(2)3-4-5;1-3-2;;;;;/h3-4H2,1-2H3;3H2,1-2H3;2*1H3;;;/q;;2*-1;;+2;. The molecule has 0 spiro atoms. The minimum atomic E-state index is 0. The molecule has 79 valence electrons. The molecule has 1 radical (unpaired) electrons. The van der Waals surface area contributed by atoms with Crippen molar-refractivity contribution in [1.82, 2.24) is 0 Å². The average molecular weight is 601 g/mol. The summed E-state index contributed by atoms with van der Waals surface area (Å²) in [6, 6.07) is 0. The van der Waals surface area contributed by atoms with Crippen molar-refractivity contribution >= 4 is 0 Å². The maximum absolute atomic E-state index is 2.30. The summed E-state index contributed by atoms with van der Waals surface area (Å²) in [4.78, 5) is 0. The van der Waals surface area contributed by atoms with Crippen LogP contribution in [0.15, 0.2) is 0 Å². The average Bonchev–Trinajstić information content (AvgIpc) is 2.22. The van der Waals surface area contributed by atoms with Gasteiger partial charge in [0.2, 0.25) is 0 Å². The van der Waals surface area contributed by atoms with Crippen LogP contribution in [0.5, 0.6) is 0 Å². The SMILES string of the molecule is CC1(C)CC1.CCC.[CH3-].[CH3-].[W+2].[W].[Y]. The van der Waals surface area contributed by atoms with Crippen molar-refractivity contribution in [2.45, 2.75) is 47.0 Å². The first-order valence-electron chi connectivity index (χ1n) is 3.62. The molecule has 0 heterocycles. The zero-order valence-electron chi connectivity index (χ0n) is 10.0. The Labute approximate surface area is 140 Å². The Bertz CT molecular complexity index is 59.9. The molecule has 1 rings (SSSR count). The van der Waals surface area contributed by atoms with Gasteiger partial charge in [-0.25, -0.2) is 0 Å². The van der Waals surface area contributed by atoms with Crippen LogP contribution in [0.1, 0.15) is 47.0 Å². The third kappa shape index (κ3) is 40.3. The molecule has 1 aliphatic rings. The van der Waals surface area contributed by atoms with Crippen molar-refractivity contribution < 1.29 is 74.8 Å². The van der Waals surface area contributed by atoms with Gasteiger partial charge >= 0.3 is 21.1 Å². The van der Waals surface area contributed by atoms with E-state index in [-0.39, 0.29) is 89.7 Å². The van der Waals surface area contributed by atoms with Gasteiger partial charge in [0.05, 0.1) is 0 Å². The Balaban J connectivity index is -0.0000000144. The minimum absolute atomic E-state index is 0. The van der Waals surface area contributed by atoms with E-state index in [1.807, 2.05) is 0 Å². The van der Waals surface area contributed by atoms with E-state index in [9.17, 15) is 0 Å². The summed E-state index contributed by atoms with van der Waals surface area (Å²) in [5.74, 6) is 0. The fraction of sp³-hybridized carbons (Fsp3) is 0.800. The summed E-state index contributed by atoms with van der Waals surface area (Å²) < 4.78 is 0. The second-order valence-corrected chi connectivity index (χ2v) is 3.37. The molecule has 0 aromatic heterocycles. The summed E-state index contributed by atoms with van der Waals surface area (Å²) in [5, 5.41) is 0. The molecule has 1 saturated carbocycles. The molecule has 0 saturated heterocycles. The summed E-state index contributed by atoms with van der Waals surface area (Å²) >= 11 is 0. The molecule has 3 heteroatoms. The zero-order valence-corrected chi connectivity index (χ0v) is 18.7. The molecule has 0 N–H and O–H groups in total. The molecular weight excluding hydrogens is 577 g/mol. The van der Waals surface area contributed by atoms with E-state index in [1.165, 1.54) is 19.3 Å². The van der Waals surface area contributed by atoms with E-state index >= 15 is 0 Å². The van der Waals surface area contributed by atoms with Crippen LogP contribution in [0.2, 0.25) is 0 Å². The van der Waals surface area contributed by atoms with Crippen LogP contribution >= 0.6 is 0 Å². The van der Waals surface area contributed by atoms with E-state index in [1.54, 1.807) is 0 Å². The molecular formula is C10H24W2Y. The van der Waals surface area contributed by atoms with Crippen LogP contribution in [0.3, 0.4) is 0 Å². The topological polar surface area (TPSA) is 0 Å². The quantitative estimate of drug-likeness (QED) is 0.367. The molecule has 0 aromatic carbocycles. The van der Waals surface area contributed by atoms with Crippen LogP contribution in [0, 0.1) is 20.3 Å². The second-order valence-electron chi connectivity index (χ2n) is 3.37. The predicted octanol–water partition coefficient (Wildman–Crippen LogP) is 4.12. The molecule has 0 bridgehead atoms. The third-order valence-electron chi connectivity index (χ3n) is 1.25. The van der Waals surface area contributed by atoms with Crippen LogP contribution in [-0.4, -0.2) is 0 Å². The summed E-state index contributed by atoms with van der Waals surface area (Å²) in [7, 11) is 0. The number of hydrogen-bond donors (Lipinski definition) is 0. The first kappa shape index (κ1) is 36.1. The van der Waals surface area contributed by atoms with Crippen LogP contribution in [0.4, 0.5) is 0 Å². The minimum Gasteiger partial charge on any atom is -0.358 e. The van der Waals surface area contributed by atoms with Crippen LogP contribution in [-0.2, 0) is 74.8 Å². The molecule has 0 nitrogen and oxygen atoms in total. The van der Waals surface area contributed by atoms with Crippen molar-refractivity contribution in [3.8, 4) is 0 Å². The van der Waals surface area contributed by atoms with Gasteiger partial charge in [-0.2, -0.15) is 0 Å². The van der Waals surface area contributed by atoms with Gasteiger partial charge in [-0.1, -0.05) is 34.1 Å². The van der Waals surface area contributed by atoms with E-state index in [2.05, 4.69) is 27.7 Å². The summed E-state index contributed by atoms with van der Waals surface area (Å²) in [5.41, 5.74) is 0.750. The fourth-order valence-electron chi connectivity index (χ4n) is 0.250. The van der Waals surface area contributed by atoms with Gasteiger partial charge in [-0.05, 0) is 18.3 Å². The van der Waals surface area contributed by atoms with Gasteiger partial charge in [-0.15, -0.1) is 0 Å². The largest absolute Gasteiger partial charge is 2.00 e. The molecule has 0 aromatic rings. The van der Waals surface area contributed by atoms with Crippen molar-refractivity contribution in [3.63, 3.8) is 0 Å². The monoisotopic (exact) mass is 601 g/mol. The maximum Gasteiger partial charge on any atom is 2.00 e. The first-order valence-corrected chi connectivity index (χ1v) is 3.62. The zero-order chi connectivity index (χ0) is 6.62. The van der Waals surface area contributed by atoms with Crippen molar-refractivity contribution in [2.75, 3.05) is 0 Å². The smallest absolute Gasteiger partial charge is 0.358 e. The van der Waals surface area contributed by atoms with Gasteiger partial charge < -0.3 is 14.9 Å². The number of rotatable bonds is 0. The third-order valence-corrected chi connectivity index (χ3v) is 1.25. The molecule has 1 fully saturated rings.